The predicted molar refractivity (Wildman–Crippen MR) is 74.3 cm³/mol. The van der Waals surface area contributed by atoms with Crippen LogP contribution in [0.3, 0.4) is 0 Å². The molecule has 0 spiro atoms. The second kappa shape index (κ2) is 11.1. The molecule has 0 aliphatic heterocycles. The highest BCUT2D eigenvalue weighted by molar-refractivity contribution is 6.00. The standard InChI is InChI=1S/C14H23N3/c1-4-7-8-9-17-14(11-15)10-13(5-2)12-16-6-3/h5,7-8,16H,4,6,9-10,12H2,1-3H3/b8-7-,13-5-,17-14?. The van der Waals surface area contributed by atoms with E-state index in [9.17, 15) is 0 Å². The molecule has 0 aliphatic rings. The molecule has 94 valence electrons. The van der Waals surface area contributed by atoms with Crippen LogP contribution in [0.15, 0.2) is 28.8 Å². The molecule has 0 fully saturated rings. The molecule has 1 N–H and O–H groups in total. The molecule has 0 aromatic rings. The number of hydrogen-bond donors (Lipinski definition) is 1. The summed E-state index contributed by atoms with van der Waals surface area (Å²) < 4.78 is 0. The fourth-order valence-corrected chi connectivity index (χ4v) is 1.30. The normalized spacial score (nSPS) is 13.1. The molecule has 0 bridgehead atoms. The van der Waals surface area contributed by atoms with Crippen molar-refractivity contribution < 1.29 is 0 Å². The van der Waals surface area contributed by atoms with Crippen LogP contribution in [0.2, 0.25) is 0 Å². The van der Waals surface area contributed by atoms with Crippen LogP contribution in [-0.2, 0) is 0 Å². The fourth-order valence-electron chi connectivity index (χ4n) is 1.30. The van der Waals surface area contributed by atoms with Crippen molar-refractivity contribution in [2.24, 2.45) is 4.99 Å². The van der Waals surface area contributed by atoms with Crippen LogP contribution in [0.25, 0.3) is 0 Å². The summed E-state index contributed by atoms with van der Waals surface area (Å²) in [6, 6.07) is 2.17. The number of aliphatic imine (C=N–C) groups is 1. The van der Waals surface area contributed by atoms with Crippen molar-refractivity contribution in [2.45, 2.75) is 33.6 Å². The third-order valence-electron chi connectivity index (χ3n) is 2.32. The Morgan fingerprint density at radius 3 is 2.65 bits per heavy atom. The summed E-state index contributed by atoms with van der Waals surface area (Å²) in [4.78, 5) is 4.28. The molecule has 0 aromatic carbocycles. The highest BCUT2D eigenvalue weighted by Crippen LogP contribution is 2.02. The van der Waals surface area contributed by atoms with Gasteiger partial charge in [0, 0.05) is 13.0 Å². The van der Waals surface area contributed by atoms with Gasteiger partial charge < -0.3 is 5.32 Å². The van der Waals surface area contributed by atoms with Gasteiger partial charge in [-0.3, -0.25) is 4.99 Å². The zero-order chi connectivity index (χ0) is 12.9. The van der Waals surface area contributed by atoms with Gasteiger partial charge in [-0.1, -0.05) is 37.6 Å². The Balaban J connectivity index is 4.28. The topological polar surface area (TPSA) is 48.2 Å². The zero-order valence-corrected chi connectivity index (χ0v) is 11.2. The van der Waals surface area contributed by atoms with Crippen molar-refractivity contribution >= 4 is 5.71 Å². The van der Waals surface area contributed by atoms with Gasteiger partial charge in [0.1, 0.15) is 11.8 Å². The van der Waals surface area contributed by atoms with E-state index in [2.05, 4.69) is 42.4 Å². The van der Waals surface area contributed by atoms with Gasteiger partial charge in [-0.15, -0.1) is 0 Å². The number of nitriles is 1. The molecular weight excluding hydrogens is 210 g/mol. The quantitative estimate of drug-likeness (QED) is 0.517. The summed E-state index contributed by atoms with van der Waals surface area (Å²) in [5.41, 5.74) is 1.82. The minimum absolute atomic E-state index is 0.606. The molecule has 0 heterocycles. The van der Waals surface area contributed by atoms with Crippen molar-refractivity contribution in [3.8, 4) is 6.07 Å². The predicted octanol–water partition coefficient (Wildman–Crippen LogP) is 2.86. The first-order valence-corrected chi connectivity index (χ1v) is 6.21. The van der Waals surface area contributed by atoms with E-state index in [1.807, 2.05) is 13.0 Å². The third kappa shape index (κ3) is 8.41. The summed E-state index contributed by atoms with van der Waals surface area (Å²) >= 11 is 0. The van der Waals surface area contributed by atoms with Crippen molar-refractivity contribution in [3.63, 3.8) is 0 Å². The Bertz CT molecular complexity index is 319. The summed E-state index contributed by atoms with van der Waals surface area (Å²) in [5.74, 6) is 0. The Hall–Kier alpha value is -1.40. The van der Waals surface area contributed by atoms with Crippen LogP contribution in [0.4, 0.5) is 0 Å². The summed E-state index contributed by atoms with van der Waals surface area (Å²) in [7, 11) is 0. The van der Waals surface area contributed by atoms with Crippen molar-refractivity contribution in [1.82, 2.24) is 5.32 Å². The molecule has 0 atom stereocenters. The van der Waals surface area contributed by atoms with Crippen molar-refractivity contribution in [2.75, 3.05) is 19.6 Å². The fraction of sp³-hybridized carbons (Fsp3) is 0.571. The maximum atomic E-state index is 9.00. The number of likely N-dealkylation sites (N-methyl/N-ethyl adjacent to an activating group) is 1. The summed E-state index contributed by atoms with van der Waals surface area (Å²) in [6.45, 7) is 8.53. The summed E-state index contributed by atoms with van der Waals surface area (Å²) in [6.07, 6.45) is 7.78. The van der Waals surface area contributed by atoms with Crippen LogP contribution in [0.1, 0.15) is 33.6 Å². The molecule has 0 radical (unpaired) electrons. The first-order chi connectivity index (χ1) is 8.28. The Labute approximate surface area is 105 Å². The molecule has 0 aliphatic carbocycles. The van der Waals surface area contributed by atoms with Crippen LogP contribution in [0.5, 0.6) is 0 Å². The molecule has 0 aromatic heterocycles. The van der Waals surface area contributed by atoms with Gasteiger partial charge in [-0.25, -0.2) is 0 Å². The minimum Gasteiger partial charge on any atom is -0.313 e. The average molecular weight is 233 g/mol. The summed E-state index contributed by atoms with van der Waals surface area (Å²) in [5, 5.41) is 12.3. The lowest BCUT2D eigenvalue weighted by molar-refractivity contribution is 0.768. The molecule has 3 nitrogen and oxygen atoms in total. The largest absolute Gasteiger partial charge is 0.313 e. The molecule has 0 saturated carbocycles. The molecule has 0 unspecified atom stereocenters. The molecule has 17 heavy (non-hydrogen) atoms. The Morgan fingerprint density at radius 2 is 2.12 bits per heavy atom. The maximum absolute atomic E-state index is 9.00. The highest BCUT2D eigenvalue weighted by Gasteiger charge is 2.01. The highest BCUT2D eigenvalue weighted by atomic mass is 14.8. The van der Waals surface area contributed by atoms with E-state index in [4.69, 9.17) is 5.26 Å². The lowest BCUT2D eigenvalue weighted by Crippen LogP contribution is -2.17. The number of rotatable bonds is 8. The first kappa shape index (κ1) is 15.6. The number of allylic oxidation sites excluding steroid dienone is 2. The van der Waals surface area contributed by atoms with Crippen molar-refractivity contribution in [1.29, 1.82) is 5.26 Å². The van der Waals surface area contributed by atoms with Crippen LogP contribution < -0.4 is 5.32 Å². The van der Waals surface area contributed by atoms with E-state index >= 15 is 0 Å². The zero-order valence-electron chi connectivity index (χ0n) is 11.2. The van der Waals surface area contributed by atoms with Gasteiger partial charge in [-0.05, 0) is 19.9 Å². The van der Waals surface area contributed by atoms with E-state index in [1.54, 1.807) is 0 Å². The second-order valence-corrected chi connectivity index (χ2v) is 3.68. The van der Waals surface area contributed by atoms with E-state index in [0.717, 1.165) is 19.5 Å². The second-order valence-electron chi connectivity index (χ2n) is 3.68. The molecule has 0 saturated heterocycles. The lowest BCUT2D eigenvalue weighted by atomic mass is 10.1. The Morgan fingerprint density at radius 1 is 1.35 bits per heavy atom. The molecular formula is C14H23N3. The van der Waals surface area contributed by atoms with Gasteiger partial charge in [0.15, 0.2) is 0 Å². The monoisotopic (exact) mass is 233 g/mol. The molecule has 3 heteroatoms. The van der Waals surface area contributed by atoms with Crippen molar-refractivity contribution in [3.05, 3.63) is 23.8 Å². The maximum Gasteiger partial charge on any atom is 0.116 e. The average Bonchev–Trinajstić information content (AvgIpc) is 2.37. The van der Waals surface area contributed by atoms with E-state index in [1.165, 1.54) is 5.57 Å². The molecule has 0 amide bonds. The van der Waals surface area contributed by atoms with E-state index in [-0.39, 0.29) is 0 Å². The SMILES string of the molecule is C/C=C(\CNCC)CC(C#N)=NC/C=C\CC. The van der Waals surface area contributed by atoms with Crippen LogP contribution in [-0.4, -0.2) is 25.3 Å². The van der Waals surface area contributed by atoms with E-state index < -0.39 is 0 Å². The van der Waals surface area contributed by atoms with Gasteiger partial charge in [0.05, 0.1) is 6.54 Å². The van der Waals surface area contributed by atoms with Gasteiger partial charge in [0.2, 0.25) is 0 Å². The van der Waals surface area contributed by atoms with Gasteiger partial charge >= 0.3 is 0 Å². The number of nitrogens with one attached hydrogen (secondary N) is 1. The lowest BCUT2D eigenvalue weighted by Gasteiger charge is -2.05. The number of nitrogens with zero attached hydrogens (tertiary/aromatic N) is 2. The smallest absolute Gasteiger partial charge is 0.116 e. The van der Waals surface area contributed by atoms with Gasteiger partial charge in [0.25, 0.3) is 0 Å². The molecule has 0 rings (SSSR count). The number of hydrogen-bond acceptors (Lipinski definition) is 3. The minimum atomic E-state index is 0.606. The Kier molecular flexibility index (Phi) is 10.2. The first-order valence-electron chi connectivity index (χ1n) is 6.21. The van der Waals surface area contributed by atoms with Crippen LogP contribution >= 0.6 is 0 Å². The van der Waals surface area contributed by atoms with Crippen LogP contribution in [0, 0.1) is 11.3 Å². The van der Waals surface area contributed by atoms with Gasteiger partial charge in [-0.2, -0.15) is 5.26 Å². The third-order valence-corrected chi connectivity index (χ3v) is 2.32. The van der Waals surface area contributed by atoms with E-state index in [0.29, 0.717) is 18.7 Å².